The van der Waals surface area contributed by atoms with Gasteiger partial charge in [-0.3, -0.25) is 9.59 Å². The normalized spacial score (nSPS) is 20.4. The quantitative estimate of drug-likeness (QED) is 0.369. The van der Waals surface area contributed by atoms with E-state index in [1.165, 1.54) is 11.8 Å². The minimum atomic E-state index is -4.87. The van der Waals surface area contributed by atoms with Crippen LogP contribution in [0, 0.1) is 0 Å². The van der Waals surface area contributed by atoms with E-state index in [-0.39, 0.29) is 36.8 Å². The van der Waals surface area contributed by atoms with Crippen LogP contribution in [0.5, 0.6) is 0 Å². The SMILES string of the molecule is CC1SCc2cc(C(F)(F)F)cnc2N2CCN(C(=O)CCOC[C@H](C)Nc3cn[nH]c(=O)c3C(F)(F)F)C[C@H]12. The number of nitrogens with one attached hydrogen (secondary N) is 2. The minimum Gasteiger partial charge on any atom is -0.379 e. The van der Waals surface area contributed by atoms with E-state index in [1.54, 1.807) is 16.9 Å². The van der Waals surface area contributed by atoms with Gasteiger partial charge in [0.05, 0.1) is 43.1 Å². The number of aromatic nitrogens is 3. The van der Waals surface area contributed by atoms with E-state index in [9.17, 15) is 35.9 Å². The van der Waals surface area contributed by atoms with Crippen molar-refractivity contribution in [1.29, 1.82) is 0 Å². The van der Waals surface area contributed by atoms with Gasteiger partial charge in [-0.15, -0.1) is 0 Å². The summed E-state index contributed by atoms with van der Waals surface area (Å²) in [5, 5.41) is 7.77. The Bertz CT molecular complexity index is 1270. The maximum Gasteiger partial charge on any atom is 0.423 e. The molecule has 0 aliphatic carbocycles. The van der Waals surface area contributed by atoms with E-state index in [2.05, 4.69) is 15.4 Å². The summed E-state index contributed by atoms with van der Waals surface area (Å²) in [6, 6.07) is 0.396. The molecule has 1 saturated heterocycles. The first-order chi connectivity index (χ1) is 18.8. The highest BCUT2D eigenvalue weighted by Gasteiger charge is 2.39. The molecule has 0 bridgehead atoms. The molecule has 2 N–H and O–H groups in total. The maximum absolute atomic E-state index is 13.2. The molecule has 3 atom stereocenters. The molecule has 16 heteroatoms. The number of thioether (sulfide) groups is 1. The predicted octanol–water partition coefficient (Wildman–Crippen LogP) is 3.76. The molecule has 4 rings (SSSR count). The first kappa shape index (κ1) is 30.0. The van der Waals surface area contributed by atoms with Crippen molar-refractivity contribution < 1.29 is 35.9 Å². The van der Waals surface area contributed by atoms with Gasteiger partial charge in [-0.1, -0.05) is 6.92 Å². The van der Waals surface area contributed by atoms with Crippen LogP contribution in [-0.4, -0.2) is 76.2 Å². The van der Waals surface area contributed by atoms with Gasteiger partial charge in [-0.05, 0) is 13.0 Å². The van der Waals surface area contributed by atoms with E-state index in [0.29, 0.717) is 36.8 Å². The lowest BCUT2D eigenvalue weighted by Crippen LogP contribution is -2.58. The van der Waals surface area contributed by atoms with Crippen molar-refractivity contribution in [1.82, 2.24) is 20.1 Å². The van der Waals surface area contributed by atoms with Crippen molar-refractivity contribution in [3.63, 3.8) is 0 Å². The number of pyridine rings is 1. The molecule has 1 amide bonds. The average molecular weight is 595 g/mol. The van der Waals surface area contributed by atoms with Crippen molar-refractivity contribution in [2.45, 2.75) is 55.7 Å². The Morgan fingerprint density at radius 2 is 1.98 bits per heavy atom. The second kappa shape index (κ2) is 11.8. The molecule has 2 aliphatic heterocycles. The third kappa shape index (κ3) is 6.82. The predicted molar refractivity (Wildman–Crippen MR) is 136 cm³/mol. The van der Waals surface area contributed by atoms with Crippen LogP contribution in [0.4, 0.5) is 37.8 Å². The van der Waals surface area contributed by atoms with Crippen LogP contribution < -0.4 is 15.8 Å². The highest BCUT2D eigenvalue weighted by atomic mass is 32.2. The summed E-state index contributed by atoms with van der Waals surface area (Å²) in [5.74, 6) is 0.725. The summed E-state index contributed by atoms with van der Waals surface area (Å²) in [6.45, 7) is 4.71. The van der Waals surface area contributed by atoms with Gasteiger partial charge in [0, 0.05) is 48.4 Å². The van der Waals surface area contributed by atoms with E-state index in [1.807, 2.05) is 11.8 Å². The van der Waals surface area contributed by atoms with Gasteiger partial charge < -0.3 is 19.9 Å². The summed E-state index contributed by atoms with van der Waals surface area (Å²) in [7, 11) is 0. The lowest BCUT2D eigenvalue weighted by molar-refractivity contribution is -0.138. The van der Waals surface area contributed by atoms with Crippen molar-refractivity contribution >= 4 is 29.2 Å². The third-order valence-corrected chi connectivity index (χ3v) is 8.04. The Labute approximate surface area is 229 Å². The molecule has 0 saturated carbocycles. The van der Waals surface area contributed by atoms with Gasteiger partial charge in [0.1, 0.15) is 11.4 Å². The second-order valence-electron chi connectivity index (χ2n) is 9.68. The van der Waals surface area contributed by atoms with Crippen LogP contribution in [0.1, 0.15) is 37.0 Å². The van der Waals surface area contributed by atoms with Crippen molar-refractivity contribution in [3.8, 4) is 0 Å². The van der Waals surface area contributed by atoms with Crippen LogP contribution >= 0.6 is 11.8 Å². The van der Waals surface area contributed by atoms with E-state index in [4.69, 9.17) is 4.74 Å². The standard InChI is InChI=1S/C24H28F6N6O3S/c1-13(33-17-9-32-34-22(38)20(17)24(28,29)30)11-39-6-3-19(37)35-4-5-36-18(10-35)14(2)40-12-15-7-16(23(25,26)27)8-31-21(15)36/h7-9,13-14,18H,3-6,10-12H2,1-2H3,(H2,33,34,38)/t13-,14?,18+/m0/s1. The molecular formula is C24H28F6N6O3S. The molecule has 9 nitrogen and oxygen atoms in total. The van der Waals surface area contributed by atoms with Crippen LogP contribution in [-0.2, 0) is 27.6 Å². The van der Waals surface area contributed by atoms with Gasteiger partial charge in [-0.2, -0.15) is 43.2 Å². The molecule has 40 heavy (non-hydrogen) atoms. The fourth-order valence-electron chi connectivity index (χ4n) is 4.73. The van der Waals surface area contributed by atoms with Crippen LogP contribution in [0.25, 0.3) is 0 Å². The number of H-pyrrole nitrogens is 1. The third-order valence-electron chi connectivity index (χ3n) is 6.73. The Morgan fingerprint density at radius 1 is 1.23 bits per heavy atom. The van der Waals surface area contributed by atoms with Crippen molar-refractivity contribution in [2.75, 3.05) is 43.1 Å². The fraction of sp³-hybridized carbons (Fsp3) is 0.583. The number of hydrogen-bond acceptors (Lipinski definition) is 8. The largest absolute Gasteiger partial charge is 0.423 e. The summed E-state index contributed by atoms with van der Waals surface area (Å²) >= 11 is 1.51. The van der Waals surface area contributed by atoms with Crippen LogP contribution in [0.15, 0.2) is 23.3 Å². The zero-order valence-corrected chi connectivity index (χ0v) is 22.4. The molecule has 0 spiro atoms. The monoisotopic (exact) mass is 594 g/mol. The van der Waals surface area contributed by atoms with Gasteiger partial charge in [-0.25, -0.2) is 10.1 Å². The van der Waals surface area contributed by atoms with E-state index < -0.39 is 40.8 Å². The molecule has 0 radical (unpaired) electrons. The Balaban J connectivity index is 1.29. The van der Waals surface area contributed by atoms with E-state index in [0.717, 1.165) is 18.5 Å². The lowest BCUT2D eigenvalue weighted by atomic mass is 10.1. The van der Waals surface area contributed by atoms with Crippen molar-refractivity contribution in [2.24, 2.45) is 0 Å². The molecule has 2 aromatic heterocycles. The topological polar surface area (TPSA) is 103 Å². The number of hydrogen-bond donors (Lipinski definition) is 2. The zero-order valence-electron chi connectivity index (χ0n) is 21.6. The van der Waals surface area contributed by atoms with Crippen LogP contribution in [0.2, 0.25) is 0 Å². The lowest BCUT2D eigenvalue weighted by Gasteiger charge is -2.43. The number of halogens is 6. The summed E-state index contributed by atoms with van der Waals surface area (Å²) in [6.07, 6.45) is -7.58. The highest BCUT2D eigenvalue weighted by Crippen LogP contribution is 2.39. The molecule has 4 heterocycles. The Morgan fingerprint density at radius 3 is 2.67 bits per heavy atom. The molecule has 0 aromatic carbocycles. The minimum absolute atomic E-state index is 0.0240. The summed E-state index contributed by atoms with van der Waals surface area (Å²) < 4.78 is 84.7. The smallest absolute Gasteiger partial charge is 0.379 e. The van der Waals surface area contributed by atoms with Gasteiger partial charge in [0.2, 0.25) is 5.91 Å². The van der Waals surface area contributed by atoms with Gasteiger partial charge in [0.25, 0.3) is 5.56 Å². The summed E-state index contributed by atoms with van der Waals surface area (Å²) in [5.41, 5.74) is -3.48. The van der Waals surface area contributed by atoms with Crippen LogP contribution in [0.3, 0.4) is 0 Å². The number of anilines is 2. The second-order valence-corrected chi connectivity index (χ2v) is 11.0. The van der Waals surface area contributed by atoms with E-state index >= 15 is 0 Å². The Hall–Kier alpha value is -3.01. The molecule has 1 fully saturated rings. The number of nitrogens with zero attached hydrogens (tertiary/aromatic N) is 4. The van der Waals surface area contributed by atoms with Crippen molar-refractivity contribution in [3.05, 3.63) is 45.5 Å². The number of carbonyl (C=O) groups is 1. The number of aromatic amines is 1. The number of amides is 1. The number of carbonyl (C=O) groups excluding carboxylic acids is 1. The maximum atomic E-state index is 13.2. The summed E-state index contributed by atoms with van der Waals surface area (Å²) in [4.78, 5) is 32.3. The molecule has 220 valence electrons. The van der Waals surface area contributed by atoms with Gasteiger partial charge >= 0.3 is 12.4 Å². The first-order valence-corrected chi connectivity index (χ1v) is 13.5. The number of fused-ring (bicyclic) bond motifs is 3. The first-order valence-electron chi connectivity index (χ1n) is 12.5. The highest BCUT2D eigenvalue weighted by molar-refractivity contribution is 7.99. The number of alkyl halides is 6. The molecule has 2 aromatic rings. The number of ether oxygens (including phenoxy) is 1. The fourth-order valence-corrected chi connectivity index (χ4v) is 5.84. The molecule has 1 unspecified atom stereocenters. The number of piperazine rings is 1. The Kier molecular flexibility index (Phi) is 8.87. The molecular weight excluding hydrogens is 566 g/mol. The zero-order chi connectivity index (χ0) is 29.2. The number of rotatable bonds is 7. The average Bonchev–Trinajstić information content (AvgIpc) is 3.01. The van der Waals surface area contributed by atoms with Gasteiger partial charge in [0.15, 0.2) is 0 Å². The molecule has 2 aliphatic rings.